The largest absolute Gasteiger partial charge is 0.309 e. The van der Waals surface area contributed by atoms with Crippen molar-refractivity contribution in [1.82, 2.24) is 8.87 Å². The average Bonchev–Trinajstić information content (AvgIpc) is 3.29. The second kappa shape index (κ2) is 6.77. The van der Waals surface area contributed by atoms with Crippen LogP contribution in [0.3, 0.4) is 0 Å². The monoisotopic (exact) mass is 393 g/mol. The van der Waals surface area contributed by atoms with Gasteiger partial charge in [-0.05, 0) is 75.2 Å². The Labute approximate surface area is 165 Å². The van der Waals surface area contributed by atoms with Crippen LogP contribution >= 0.6 is 0 Å². The molecule has 1 aromatic heterocycles. The summed E-state index contributed by atoms with van der Waals surface area (Å²) in [6.07, 6.45) is 2.81. The van der Waals surface area contributed by atoms with Crippen molar-refractivity contribution in [3.63, 3.8) is 0 Å². The normalized spacial score (nSPS) is 19.1. The zero-order valence-corrected chi connectivity index (χ0v) is 17.1. The summed E-state index contributed by atoms with van der Waals surface area (Å²) in [4.78, 5) is 2.43. The van der Waals surface area contributed by atoms with E-state index in [2.05, 4.69) is 11.0 Å². The van der Waals surface area contributed by atoms with Gasteiger partial charge in [-0.25, -0.2) is 12.4 Å². The Morgan fingerprint density at radius 3 is 2.54 bits per heavy atom. The first-order chi connectivity index (χ1) is 13.3. The molecule has 144 valence electrons. The number of nitriles is 1. The van der Waals surface area contributed by atoms with E-state index in [1.165, 1.54) is 3.97 Å². The molecule has 2 atom stereocenters. The molecule has 0 bridgehead atoms. The van der Waals surface area contributed by atoms with Crippen LogP contribution in [0.1, 0.15) is 29.0 Å². The summed E-state index contributed by atoms with van der Waals surface area (Å²) in [5, 5.41) is 10.2. The van der Waals surface area contributed by atoms with E-state index < -0.39 is 10.0 Å². The van der Waals surface area contributed by atoms with Gasteiger partial charge in [-0.3, -0.25) is 0 Å². The zero-order chi connectivity index (χ0) is 20.1. The van der Waals surface area contributed by atoms with Crippen molar-refractivity contribution in [3.05, 3.63) is 65.4 Å². The molecule has 0 unspecified atom stereocenters. The number of nitrogens with zero attached hydrogens (tertiary/aromatic N) is 3. The predicted molar refractivity (Wildman–Crippen MR) is 110 cm³/mol. The van der Waals surface area contributed by atoms with Crippen LogP contribution in [-0.4, -0.2) is 37.9 Å². The third-order valence-corrected chi connectivity index (χ3v) is 7.12. The van der Waals surface area contributed by atoms with Crippen LogP contribution in [-0.2, 0) is 10.0 Å². The smallest absolute Gasteiger partial charge is 0.268 e. The Kier molecular flexibility index (Phi) is 4.53. The molecule has 3 aromatic rings. The summed E-state index contributed by atoms with van der Waals surface area (Å²) in [5.41, 5.74) is 3.21. The third kappa shape index (κ3) is 3.21. The number of hydrogen-bond acceptors (Lipinski definition) is 4. The molecule has 5 nitrogen and oxygen atoms in total. The maximum Gasteiger partial charge on any atom is 0.268 e. The highest BCUT2D eigenvalue weighted by atomic mass is 32.2. The van der Waals surface area contributed by atoms with Gasteiger partial charge < -0.3 is 4.90 Å². The summed E-state index contributed by atoms with van der Waals surface area (Å²) >= 11 is 0. The topological polar surface area (TPSA) is 66.1 Å². The lowest BCUT2D eigenvalue weighted by Crippen LogP contribution is -2.15. The standard InChI is InChI=1S/C22H23N3O2S/c1-15-4-7-18(8-5-15)28(26,27)25-14-21(19-11-17(19)13-24(2)3)20-10-16(12-23)6-9-22(20)25/h4-10,14,17,19H,11,13H2,1-3H3/t17-,19+/m1/s1. The van der Waals surface area contributed by atoms with Gasteiger partial charge in [0.05, 0.1) is 22.0 Å². The Morgan fingerprint density at radius 2 is 1.89 bits per heavy atom. The van der Waals surface area contributed by atoms with Gasteiger partial charge in [-0.15, -0.1) is 0 Å². The minimum atomic E-state index is -3.70. The van der Waals surface area contributed by atoms with Crippen molar-refractivity contribution < 1.29 is 8.42 Å². The summed E-state index contributed by atoms with van der Waals surface area (Å²) in [7, 11) is 0.396. The molecule has 1 fully saturated rings. The van der Waals surface area contributed by atoms with Gasteiger partial charge in [0, 0.05) is 18.1 Å². The van der Waals surface area contributed by atoms with Gasteiger partial charge in [0.25, 0.3) is 10.0 Å². The molecular formula is C22H23N3O2S. The van der Waals surface area contributed by atoms with E-state index in [1.54, 1.807) is 42.6 Å². The minimum Gasteiger partial charge on any atom is -0.309 e. The Balaban J connectivity index is 1.86. The highest BCUT2D eigenvalue weighted by Gasteiger charge is 2.40. The van der Waals surface area contributed by atoms with E-state index in [9.17, 15) is 13.7 Å². The molecule has 0 aliphatic heterocycles. The van der Waals surface area contributed by atoms with Crippen LogP contribution in [0.2, 0.25) is 0 Å². The number of aryl methyl sites for hydroxylation is 1. The van der Waals surface area contributed by atoms with Crippen LogP contribution in [0, 0.1) is 24.2 Å². The predicted octanol–water partition coefficient (Wildman–Crippen LogP) is 3.72. The van der Waals surface area contributed by atoms with Crippen molar-refractivity contribution >= 4 is 20.9 Å². The SMILES string of the molecule is Cc1ccc(S(=O)(=O)n2cc([C@H]3C[C@@H]3CN(C)C)c3cc(C#N)ccc32)cc1. The van der Waals surface area contributed by atoms with Gasteiger partial charge >= 0.3 is 0 Å². The average molecular weight is 394 g/mol. The van der Waals surface area contributed by atoms with E-state index in [0.717, 1.165) is 29.5 Å². The molecular weight excluding hydrogens is 370 g/mol. The summed E-state index contributed by atoms with van der Waals surface area (Å²) in [5.74, 6) is 0.843. The van der Waals surface area contributed by atoms with Crippen molar-refractivity contribution in [2.24, 2.45) is 5.92 Å². The summed E-state index contributed by atoms with van der Waals surface area (Å²) < 4.78 is 28.0. The fourth-order valence-corrected chi connectivity index (χ4v) is 5.29. The van der Waals surface area contributed by atoms with Crippen molar-refractivity contribution in [2.75, 3.05) is 20.6 Å². The molecule has 0 N–H and O–H groups in total. The first-order valence-corrected chi connectivity index (χ1v) is 10.8. The lowest BCUT2D eigenvalue weighted by molar-refractivity contribution is 0.385. The molecule has 2 aromatic carbocycles. The molecule has 1 aliphatic rings. The Hall–Kier alpha value is -2.62. The molecule has 4 rings (SSSR count). The highest BCUT2D eigenvalue weighted by Crippen LogP contribution is 2.50. The van der Waals surface area contributed by atoms with Crippen LogP contribution in [0.15, 0.2) is 53.6 Å². The second-order valence-electron chi connectivity index (χ2n) is 7.91. The molecule has 28 heavy (non-hydrogen) atoms. The number of benzene rings is 2. The van der Waals surface area contributed by atoms with Crippen LogP contribution in [0.4, 0.5) is 0 Å². The van der Waals surface area contributed by atoms with E-state index in [-0.39, 0.29) is 4.90 Å². The zero-order valence-electron chi connectivity index (χ0n) is 16.3. The van der Waals surface area contributed by atoms with Crippen molar-refractivity contribution in [3.8, 4) is 6.07 Å². The fraction of sp³-hybridized carbons (Fsp3) is 0.318. The van der Waals surface area contributed by atoms with E-state index in [0.29, 0.717) is 22.9 Å². The lowest BCUT2D eigenvalue weighted by Gasteiger charge is -2.08. The second-order valence-corrected chi connectivity index (χ2v) is 9.72. The first kappa shape index (κ1) is 18.7. The van der Waals surface area contributed by atoms with Gasteiger partial charge in [0.15, 0.2) is 0 Å². The molecule has 0 amide bonds. The van der Waals surface area contributed by atoms with Crippen LogP contribution < -0.4 is 0 Å². The third-order valence-electron chi connectivity index (χ3n) is 5.43. The number of hydrogen-bond donors (Lipinski definition) is 0. The maximum absolute atomic E-state index is 13.3. The Bertz CT molecular complexity index is 1180. The quantitative estimate of drug-likeness (QED) is 0.663. The lowest BCUT2D eigenvalue weighted by atomic mass is 10.1. The molecule has 0 radical (unpaired) electrons. The summed E-state index contributed by atoms with van der Waals surface area (Å²) in [6.45, 7) is 2.90. The van der Waals surface area contributed by atoms with E-state index >= 15 is 0 Å². The fourth-order valence-electron chi connectivity index (χ4n) is 3.91. The van der Waals surface area contributed by atoms with E-state index in [1.807, 2.05) is 27.1 Å². The van der Waals surface area contributed by atoms with Gasteiger partial charge in [0.1, 0.15) is 0 Å². The van der Waals surface area contributed by atoms with Crippen molar-refractivity contribution in [2.45, 2.75) is 24.2 Å². The van der Waals surface area contributed by atoms with E-state index in [4.69, 9.17) is 0 Å². The number of rotatable bonds is 5. The molecule has 1 saturated carbocycles. The Morgan fingerprint density at radius 1 is 1.18 bits per heavy atom. The molecule has 6 heteroatoms. The van der Waals surface area contributed by atoms with Gasteiger partial charge in [-0.2, -0.15) is 5.26 Å². The summed E-state index contributed by atoms with van der Waals surface area (Å²) in [6, 6.07) is 14.3. The molecule has 0 saturated heterocycles. The molecule has 1 aliphatic carbocycles. The maximum atomic E-state index is 13.3. The number of aromatic nitrogens is 1. The molecule has 0 spiro atoms. The van der Waals surface area contributed by atoms with Gasteiger partial charge in [-0.1, -0.05) is 17.7 Å². The number of fused-ring (bicyclic) bond motifs is 1. The van der Waals surface area contributed by atoms with Crippen molar-refractivity contribution in [1.29, 1.82) is 5.26 Å². The van der Waals surface area contributed by atoms with Crippen LogP contribution in [0.25, 0.3) is 10.9 Å². The minimum absolute atomic E-state index is 0.270. The first-order valence-electron chi connectivity index (χ1n) is 9.33. The van der Waals surface area contributed by atoms with Gasteiger partial charge in [0.2, 0.25) is 0 Å². The highest BCUT2D eigenvalue weighted by molar-refractivity contribution is 7.90. The van der Waals surface area contributed by atoms with Crippen LogP contribution in [0.5, 0.6) is 0 Å². The molecule has 1 heterocycles.